The number of nitrogens with zero attached hydrogens (tertiary/aromatic N) is 1. The molecular formula is C15H20N2. The van der Waals surface area contributed by atoms with Crippen LogP contribution in [-0.4, -0.2) is 4.98 Å². The van der Waals surface area contributed by atoms with Gasteiger partial charge < -0.3 is 5.73 Å². The van der Waals surface area contributed by atoms with Gasteiger partial charge in [-0.15, -0.1) is 0 Å². The van der Waals surface area contributed by atoms with Crippen molar-refractivity contribution < 1.29 is 0 Å². The van der Waals surface area contributed by atoms with Gasteiger partial charge in [-0.2, -0.15) is 0 Å². The summed E-state index contributed by atoms with van der Waals surface area (Å²) >= 11 is 0. The lowest BCUT2D eigenvalue weighted by atomic mass is 10.00. The second kappa shape index (κ2) is 5.78. The highest BCUT2D eigenvalue weighted by Crippen LogP contribution is 2.21. The molecule has 0 aliphatic carbocycles. The number of benzene rings is 1. The number of hydrogen-bond acceptors (Lipinski definition) is 2. The first-order valence-electron chi connectivity index (χ1n) is 6.41. The molecular weight excluding hydrogens is 208 g/mol. The fourth-order valence-electron chi connectivity index (χ4n) is 2.11. The van der Waals surface area contributed by atoms with Gasteiger partial charge in [-0.25, -0.2) is 0 Å². The van der Waals surface area contributed by atoms with E-state index in [1.54, 1.807) is 0 Å². The fraction of sp³-hybridized carbons (Fsp3) is 0.400. The van der Waals surface area contributed by atoms with Crippen LogP contribution in [0.25, 0.3) is 10.9 Å². The number of aromatic nitrogens is 1. The van der Waals surface area contributed by atoms with E-state index < -0.39 is 0 Å². The molecule has 2 rings (SSSR count). The first kappa shape index (κ1) is 12.1. The topological polar surface area (TPSA) is 38.9 Å². The predicted molar refractivity (Wildman–Crippen MR) is 72.8 cm³/mol. The monoisotopic (exact) mass is 228 g/mol. The zero-order valence-corrected chi connectivity index (χ0v) is 10.4. The minimum Gasteiger partial charge on any atom is -0.324 e. The first-order chi connectivity index (χ1) is 8.31. The van der Waals surface area contributed by atoms with Gasteiger partial charge in [0.1, 0.15) is 0 Å². The van der Waals surface area contributed by atoms with Crippen molar-refractivity contribution in [2.45, 2.75) is 38.6 Å². The van der Waals surface area contributed by atoms with E-state index >= 15 is 0 Å². The van der Waals surface area contributed by atoms with Crippen LogP contribution in [0.1, 0.15) is 44.2 Å². The van der Waals surface area contributed by atoms with Crippen molar-refractivity contribution in [3.05, 3.63) is 42.1 Å². The van der Waals surface area contributed by atoms with E-state index in [1.807, 2.05) is 12.3 Å². The summed E-state index contributed by atoms with van der Waals surface area (Å²) in [5.74, 6) is 0. The average Bonchev–Trinajstić information content (AvgIpc) is 2.38. The third kappa shape index (κ3) is 3.04. The molecule has 0 bridgehead atoms. The zero-order valence-electron chi connectivity index (χ0n) is 10.4. The largest absolute Gasteiger partial charge is 0.324 e. The molecule has 0 aliphatic rings. The molecule has 1 heterocycles. The van der Waals surface area contributed by atoms with E-state index in [-0.39, 0.29) is 6.04 Å². The van der Waals surface area contributed by atoms with Crippen LogP contribution in [0.2, 0.25) is 0 Å². The van der Waals surface area contributed by atoms with E-state index in [9.17, 15) is 0 Å². The van der Waals surface area contributed by atoms with Gasteiger partial charge in [0.2, 0.25) is 0 Å². The summed E-state index contributed by atoms with van der Waals surface area (Å²) in [5, 5.41) is 1.18. The van der Waals surface area contributed by atoms with Gasteiger partial charge in [0.05, 0.1) is 5.52 Å². The molecule has 0 amide bonds. The van der Waals surface area contributed by atoms with Crippen LogP contribution in [0.3, 0.4) is 0 Å². The Kier molecular flexibility index (Phi) is 4.10. The summed E-state index contributed by atoms with van der Waals surface area (Å²) in [7, 11) is 0. The Morgan fingerprint density at radius 2 is 2.12 bits per heavy atom. The second-order valence-corrected chi connectivity index (χ2v) is 4.56. The maximum absolute atomic E-state index is 6.21. The van der Waals surface area contributed by atoms with Crippen molar-refractivity contribution in [1.29, 1.82) is 0 Å². The smallest absolute Gasteiger partial charge is 0.0702 e. The molecule has 1 atom stereocenters. The van der Waals surface area contributed by atoms with Crippen LogP contribution in [0.15, 0.2) is 36.5 Å². The maximum Gasteiger partial charge on any atom is 0.0702 e. The molecule has 1 aromatic carbocycles. The SMILES string of the molecule is CCCCCC(N)c1ccc2ncccc2c1. The minimum atomic E-state index is 0.158. The van der Waals surface area contributed by atoms with Crippen LogP contribution in [0.5, 0.6) is 0 Å². The van der Waals surface area contributed by atoms with Crippen LogP contribution >= 0.6 is 0 Å². The van der Waals surface area contributed by atoms with E-state index in [0.717, 1.165) is 11.9 Å². The van der Waals surface area contributed by atoms with Crippen LogP contribution < -0.4 is 5.73 Å². The summed E-state index contributed by atoms with van der Waals surface area (Å²) < 4.78 is 0. The Morgan fingerprint density at radius 1 is 1.24 bits per heavy atom. The third-order valence-corrected chi connectivity index (χ3v) is 3.17. The minimum absolute atomic E-state index is 0.158. The highest BCUT2D eigenvalue weighted by molar-refractivity contribution is 5.79. The van der Waals surface area contributed by atoms with Crippen molar-refractivity contribution in [3.63, 3.8) is 0 Å². The molecule has 0 saturated heterocycles. The van der Waals surface area contributed by atoms with Crippen LogP contribution in [0, 0.1) is 0 Å². The molecule has 0 aliphatic heterocycles. The Labute approximate surface area is 103 Å². The van der Waals surface area contributed by atoms with Gasteiger partial charge in [-0.3, -0.25) is 4.98 Å². The van der Waals surface area contributed by atoms with E-state index in [2.05, 4.69) is 36.2 Å². The van der Waals surface area contributed by atoms with Gasteiger partial charge >= 0.3 is 0 Å². The van der Waals surface area contributed by atoms with E-state index in [4.69, 9.17) is 5.73 Å². The molecule has 2 N–H and O–H groups in total. The molecule has 90 valence electrons. The molecule has 0 fully saturated rings. The fourth-order valence-corrected chi connectivity index (χ4v) is 2.11. The lowest BCUT2D eigenvalue weighted by Crippen LogP contribution is -2.09. The summed E-state index contributed by atoms with van der Waals surface area (Å²) in [6.45, 7) is 2.22. The van der Waals surface area contributed by atoms with Gasteiger partial charge in [0, 0.05) is 17.6 Å². The van der Waals surface area contributed by atoms with Crippen molar-refractivity contribution in [1.82, 2.24) is 4.98 Å². The molecule has 2 heteroatoms. The van der Waals surface area contributed by atoms with Crippen molar-refractivity contribution in [2.75, 3.05) is 0 Å². The molecule has 1 aromatic heterocycles. The van der Waals surface area contributed by atoms with E-state index in [0.29, 0.717) is 0 Å². The predicted octanol–water partition coefficient (Wildman–Crippen LogP) is 3.81. The normalized spacial score (nSPS) is 12.8. The Hall–Kier alpha value is -1.41. The summed E-state index contributed by atoms with van der Waals surface area (Å²) in [6.07, 6.45) is 6.61. The molecule has 17 heavy (non-hydrogen) atoms. The van der Waals surface area contributed by atoms with Crippen LogP contribution in [0.4, 0.5) is 0 Å². The standard InChI is InChI=1S/C15H20N2/c1-2-3-4-7-14(16)12-8-9-15-13(11-12)6-5-10-17-15/h5-6,8-11,14H,2-4,7,16H2,1H3. The van der Waals surface area contributed by atoms with Crippen LogP contribution in [-0.2, 0) is 0 Å². The van der Waals surface area contributed by atoms with Gasteiger partial charge in [0.25, 0.3) is 0 Å². The van der Waals surface area contributed by atoms with Gasteiger partial charge in [-0.1, -0.05) is 38.3 Å². The number of nitrogens with two attached hydrogens (primary N) is 1. The van der Waals surface area contributed by atoms with Crippen molar-refractivity contribution >= 4 is 10.9 Å². The zero-order chi connectivity index (χ0) is 12.1. The Bertz CT molecular complexity index is 479. The molecule has 2 nitrogen and oxygen atoms in total. The number of unbranched alkanes of at least 4 members (excludes halogenated alkanes) is 2. The number of pyridine rings is 1. The summed E-state index contributed by atoms with van der Waals surface area (Å²) in [5.41, 5.74) is 8.47. The Morgan fingerprint density at radius 3 is 2.94 bits per heavy atom. The van der Waals surface area contributed by atoms with Gasteiger partial charge in [0.15, 0.2) is 0 Å². The second-order valence-electron chi connectivity index (χ2n) is 4.56. The van der Waals surface area contributed by atoms with E-state index in [1.165, 1.54) is 30.2 Å². The summed E-state index contributed by atoms with van der Waals surface area (Å²) in [6, 6.07) is 10.5. The molecule has 2 aromatic rings. The van der Waals surface area contributed by atoms with Gasteiger partial charge in [-0.05, 0) is 30.2 Å². The van der Waals surface area contributed by atoms with Crippen molar-refractivity contribution in [3.8, 4) is 0 Å². The molecule has 1 unspecified atom stereocenters. The highest BCUT2D eigenvalue weighted by Gasteiger charge is 2.06. The summed E-state index contributed by atoms with van der Waals surface area (Å²) in [4.78, 5) is 4.32. The molecule has 0 radical (unpaired) electrons. The third-order valence-electron chi connectivity index (χ3n) is 3.17. The number of hydrogen-bond donors (Lipinski definition) is 1. The maximum atomic E-state index is 6.21. The number of fused-ring (bicyclic) bond motifs is 1. The lowest BCUT2D eigenvalue weighted by Gasteiger charge is -2.12. The molecule has 0 saturated carbocycles. The van der Waals surface area contributed by atoms with Crippen molar-refractivity contribution in [2.24, 2.45) is 5.73 Å². The Balaban J connectivity index is 2.12. The highest BCUT2D eigenvalue weighted by atomic mass is 14.6. The first-order valence-corrected chi connectivity index (χ1v) is 6.41. The molecule has 0 spiro atoms. The lowest BCUT2D eigenvalue weighted by molar-refractivity contribution is 0.581. The number of rotatable bonds is 5. The average molecular weight is 228 g/mol. The quantitative estimate of drug-likeness (QED) is 0.790.